The van der Waals surface area contributed by atoms with Crippen molar-refractivity contribution in [2.75, 3.05) is 5.75 Å². The van der Waals surface area contributed by atoms with E-state index in [-0.39, 0.29) is 5.75 Å². The summed E-state index contributed by atoms with van der Waals surface area (Å²) in [7, 11) is 0. The zero-order valence-electron chi connectivity index (χ0n) is 11.9. The molecule has 4 N–H and O–H groups in total. The third kappa shape index (κ3) is 3.68. The fraction of sp³-hybridized carbons (Fsp3) is 0.333. The number of fused-ring (bicyclic) bond motifs is 1. The second kappa shape index (κ2) is 6.51. The van der Waals surface area contributed by atoms with Gasteiger partial charge in [0.2, 0.25) is 5.91 Å². The average molecular weight is 323 g/mol. The van der Waals surface area contributed by atoms with Crippen molar-refractivity contribution in [1.82, 2.24) is 5.32 Å². The van der Waals surface area contributed by atoms with Crippen LogP contribution in [-0.4, -0.2) is 44.8 Å². The third-order valence-corrected chi connectivity index (χ3v) is 4.74. The van der Waals surface area contributed by atoms with Crippen molar-refractivity contribution in [1.29, 1.82) is 0 Å². The first-order valence-corrected chi connectivity index (χ1v) is 7.70. The topological polar surface area (TPSA) is 107 Å². The van der Waals surface area contributed by atoms with E-state index < -0.39 is 29.0 Å². The van der Waals surface area contributed by atoms with E-state index >= 15 is 0 Å². The van der Waals surface area contributed by atoms with Crippen LogP contribution in [0.25, 0.3) is 6.08 Å². The third-order valence-electron chi connectivity index (χ3n) is 3.28. The maximum absolute atomic E-state index is 11.1. The molecule has 1 aliphatic carbocycles. The van der Waals surface area contributed by atoms with Crippen molar-refractivity contribution in [3.8, 4) is 0 Å². The summed E-state index contributed by atoms with van der Waals surface area (Å²) in [5, 5.41) is 31.0. The van der Waals surface area contributed by atoms with E-state index in [4.69, 9.17) is 5.11 Å². The molecule has 0 fully saturated rings. The number of carboxylic acid groups (broad SMARTS) is 1. The lowest BCUT2D eigenvalue weighted by Gasteiger charge is -2.33. The Morgan fingerprint density at radius 3 is 2.68 bits per heavy atom. The Morgan fingerprint density at radius 1 is 1.36 bits per heavy atom. The summed E-state index contributed by atoms with van der Waals surface area (Å²) in [4.78, 5) is 22.2. The fourth-order valence-electron chi connectivity index (χ4n) is 2.26. The van der Waals surface area contributed by atoms with Crippen molar-refractivity contribution >= 4 is 29.7 Å². The van der Waals surface area contributed by atoms with Crippen molar-refractivity contribution in [2.45, 2.75) is 24.0 Å². The zero-order chi connectivity index (χ0) is 16.3. The van der Waals surface area contributed by atoms with Crippen molar-refractivity contribution in [2.24, 2.45) is 0 Å². The molecular formula is C15H17NO5S. The first-order chi connectivity index (χ1) is 10.3. The van der Waals surface area contributed by atoms with Crippen LogP contribution in [0.1, 0.15) is 23.3 Å². The van der Waals surface area contributed by atoms with Crippen LogP contribution in [0.15, 0.2) is 30.3 Å². The molecule has 0 radical (unpaired) electrons. The van der Waals surface area contributed by atoms with Crippen LogP contribution in [0.2, 0.25) is 0 Å². The number of aliphatic carboxylic acids is 1. The molecule has 1 unspecified atom stereocenters. The van der Waals surface area contributed by atoms with Gasteiger partial charge in [-0.15, -0.1) is 11.8 Å². The predicted molar refractivity (Wildman–Crippen MR) is 83.1 cm³/mol. The van der Waals surface area contributed by atoms with Gasteiger partial charge in [-0.05, 0) is 17.2 Å². The molecule has 6 nitrogen and oxygen atoms in total. The standard InChI is InChI=1S/C15H17NO5S/c1-9(17)16-12(14(18)19)8-22-13-11-5-3-2-4-10(11)6-7-15(13,20)21/h2-7,12-13,20-21H,8H2,1H3,(H,16,17)(H,18,19)/t12-,13?/m0/s1. The van der Waals surface area contributed by atoms with Crippen molar-refractivity contribution in [3.63, 3.8) is 0 Å². The molecule has 1 aromatic rings. The van der Waals surface area contributed by atoms with E-state index in [9.17, 15) is 19.8 Å². The number of hydrogen-bond donors (Lipinski definition) is 4. The van der Waals surface area contributed by atoms with Crippen LogP contribution in [0.3, 0.4) is 0 Å². The number of aliphatic hydroxyl groups is 2. The molecule has 0 saturated heterocycles. The Morgan fingerprint density at radius 2 is 2.05 bits per heavy atom. The van der Waals surface area contributed by atoms with Gasteiger partial charge in [0.1, 0.15) is 6.04 Å². The minimum Gasteiger partial charge on any atom is -0.480 e. The van der Waals surface area contributed by atoms with E-state index in [1.54, 1.807) is 18.2 Å². The Kier molecular flexibility index (Phi) is 4.90. The highest BCUT2D eigenvalue weighted by Crippen LogP contribution is 2.43. The molecule has 0 aliphatic heterocycles. The number of carbonyl (C=O) groups is 2. The number of thioether (sulfide) groups is 1. The van der Waals surface area contributed by atoms with Gasteiger partial charge >= 0.3 is 5.97 Å². The van der Waals surface area contributed by atoms with E-state index in [0.717, 1.165) is 17.3 Å². The number of hydrogen-bond acceptors (Lipinski definition) is 5. The van der Waals surface area contributed by atoms with E-state index in [1.807, 2.05) is 12.1 Å². The normalized spacial score (nSPS) is 20.0. The summed E-state index contributed by atoms with van der Waals surface area (Å²) in [6.07, 6.45) is 2.90. The van der Waals surface area contributed by atoms with Gasteiger partial charge in [-0.25, -0.2) is 4.79 Å². The van der Waals surface area contributed by atoms with Gasteiger partial charge in [0.25, 0.3) is 0 Å². The molecule has 2 rings (SSSR count). The summed E-state index contributed by atoms with van der Waals surface area (Å²) < 4.78 is 0. The van der Waals surface area contributed by atoms with Crippen LogP contribution < -0.4 is 5.32 Å². The number of benzene rings is 1. The first kappa shape index (κ1) is 16.5. The molecule has 2 atom stereocenters. The molecule has 0 heterocycles. The van der Waals surface area contributed by atoms with Crippen LogP contribution in [-0.2, 0) is 9.59 Å². The number of rotatable bonds is 5. The summed E-state index contributed by atoms with van der Waals surface area (Å²) in [5.74, 6) is -3.66. The van der Waals surface area contributed by atoms with Crippen LogP contribution in [0, 0.1) is 0 Å². The van der Waals surface area contributed by atoms with Gasteiger partial charge in [0.05, 0.1) is 5.25 Å². The Hall–Kier alpha value is -1.83. The summed E-state index contributed by atoms with van der Waals surface area (Å²) in [6.45, 7) is 1.24. The molecule has 0 spiro atoms. The number of nitrogens with one attached hydrogen (secondary N) is 1. The maximum Gasteiger partial charge on any atom is 0.327 e. The monoisotopic (exact) mass is 323 g/mol. The largest absolute Gasteiger partial charge is 0.480 e. The van der Waals surface area contributed by atoms with Crippen LogP contribution in [0.5, 0.6) is 0 Å². The van der Waals surface area contributed by atoms with E-state index in [2.05, 4.69) is 5.32 Å². The minimum absolute atomic E-state index is 0.0185. The van der Waals surface area contributed by atoms with Crippen LogP contribution in [0.4, 0.5) is 0 Å². The van der Waals surface area contributed by atoms with Gasteiger partial charge in [-0.3, -0.25) is 4.79 Å². The highest BCUT2D eigenvalue weighted by Gasteiger charge is 2.38. The highest BCUT2D eigenvalue weighted by molar-refractivity contribution is 7.99. The Labute approximate surface area is 131 Å². The second-order valence-corrected chi connectivity index (χ2v) is 6.19. The fourth-order valence-corrected chi connectivity index (χ4v) is 3.58. The maximum atomic E-state index is 11.1. The number of amides is 1. The molecule has 7 heteroatoms. The molecule has 1 aromatic carbocycles. The summed E-state index contributed by atoms with van der Waals surface area (Å²) >= 11 is 1.08. The average Bonchev–Trinajstić information content (AvgIpc) is 2.44. The van der Waals surface area contributed by atoms with E-state index in [1.165, 1.54) is 13.0 Å². The predicted octanol–water partition coefficient (Wildman–Crippen LogP) is 0.758. The highest BCUT2D eigenvalue weighted by atomic mass is 32.2. The van der Waals surface area contributed by atoms with Crippen molar-refractivity contribution < 1.29 is 24.9 Å². The molecule has 0 aromatic heterocycles. The lowest BCUT2D eigenvalue weighted by Crippen LogP contribution is -2.42. The molecule has 1 amide bonds. The lowest BCUT2D eigenvalue weighted by atomic mass is 9.93. The summed E-state index contributed by atoms with van der Waals surface area (Å²) in [6, 6.07) is 6.15. The minimum atomic E-state index is -2.07. The molecule has 0 saturated carbocycles. The quantitative estimate of drug-likeness (QED) is 0.596. The van der Waals surface area contributed by atoms with Gasteiger partial charge in [0.15, 0.2) is 5.79 Å². The van der Waals surface area contributed by atoms with Gasteiger partial charge in [-0.2, -0.15) is 0 Å². The Bertz CT molecular complexity index is 614. The van der Waals surface area contributed by atoms with E-state index in [0.29, 0.717) is 5.56 Å². The lowest BCUT2D eigenvalue weighted by molar-refractivity contribution is -0.140. The van der Waals surface area contributed by atoms with Gasteiger partial charge < -0.3 is 20.6 Å². The SMILES string of the molecule is CC(=O)N[C@@H](CSC1c2ccccc2C=CC1(O)O)C(=O)O. The van der Waals surface area contributed by atoms with Gasteiger partial charge in [0, 0.05) is 12.7 Å². The molecule has 118 valence electrons. The molecule has 22 heavy (non-hydrogen) atoms. The smallest absolute Gasteiger partial charge is 0.327 e. The molecule has 0 bridgehead atoms. The molecule has 1 aliphatic rings. The van der Waals surface area contributed by atoms with Crippen molar-refractivity contribution in [3.05, 3.63) is 41.5 Å². The number of carboxylic acids is 1. The zero-order valence-corrected chi connectivity index (χ0v) is 12.7. The van der Waals surface area contributed by atoms with Gasteiger partial charge in [-0.1, -0.05) is 30.3 Å². The van der Waals surface area contributed by atoms with Crippen LogP contribution >= 0.6 is 11.8 Å². The number of carbonyl (C=O) groups excluding carboxylic acids is 1. The second-order valence-electron chi connectivity index (χ2n) is 5.05. The summed E-state index contributed by atoms with van der Waals surface area (Å²) in [5.41, 5.74) is 1.57. The Balaban J connectivity index is 2.18. The first-order valence-electron chi connectivity index (χ1n) is 6.65. The molecular weight excluding hydrogens is 306 g/mol.